The van der Waals surface area contributed by atoms with Gasteiger partial charge in [-0.15, -0.1) is 0 Å². The molecule has 0 aromatic heterocycles. The van der Waals surface area contributed by atoms with Gasteiger partial charge in [-0.3, -0.25) is 9.59 Å². The predicted molar refractivity (Wildman–Crippen MR) is 81.8 cm³/mol. The molecule has 0 unspecified atom stereocenters. The summed E-state index contributed by atoms with van der Waals surface area (Å²) >= 11 is 0. The van der Waals surface area contributed by atoms with Gasteiger partial charge in [-0.2, -0.15) is 0 Å². The number of likely N-dealkylation sites (tertiary alicyclic amines) is 1. The number of ether oxygens (including phenoxy) is 1. The molecular weight excluding hydrogens is 304 g/mol. The molecule has 0 saturated carbocycles. The molecule has 1 aliphatic heterocycles. The minimum absolute atomic E-state index is 0.0958. The number of hydrogen-bond donors (Lipinski definition) is 3. The van der Waals surface area contributed by atoms with Crippen LogP contribution in [-0.4, -0.2) is 64.9 Å². The van der Waals surface area contributed by atoms with E-state index in [0.29, 0.717) is 0 Å². The number of carbonyl (C=O) groups is 3. The van der Waals surface area contributed by atoms with E-state index in [9.17, 15) is 19.5 Å². The van der Waals surface area contributed by atoms with Crippen LogP contribution in [0.25, 0.3) is 0 Å². The molecule has 132 valence electrons. The minimum atomic E-state index is -1.18. The average Bonchev–Trinajstić information content (AvgIpc) is 2.43. The molecule has 1 rings (SSSR count). The van der Waals surface area contributed by atoms with Gasteiger partial charge in [-0.25, -0.2) is 4.79 Å². The molecule has 0 spiro atoms. The Morgan fingerprint density at radius 1 is 1.22 bits per heavy atom. The Morgan fingerprint density at radius 3 is 2.22 bits per heavy atom. The number of piperidine rings is 1. The number of aliphatic hydroxyl groups excluding tert-OH is 1. The van der Waals surface area contributed by atoms with Crippen LogP contribution in [0, 0.1) is 5.41 Å². The topological polar surface area (TPSA) is 116 Å². The number of carbonyl (C=O) groups excluding carboxylic acids is 2. The maximum Gasteiger partial charge on any atom is 0.410 e. The van der Waals surface area contributed by atoms with Gasteiger partial charge < -0.3 is 25.2 Å². The molecule has 1 aliphatic rings. The molecule has 1 heterocycles. The van der Waals surface area contributed by atoms with E-state index >= 15 is 0 Å². The second-order valence-corrected chi connectivity index (χ2v) is 6.80. The van der Waals surface area contributed by atoms with E-state index in [1.54, 1.807) is 20.8 Å². The normalized spacial score (nSPS) is 17.5. The number of rotatable bonds is 5. The maximum absolute atomic E-state index is 12.0. The van der Waals surface area contributed by atoms with Crippen LogP contribution in [0.5, 0.6) is 0 Å². The van der Waals surface area contributed by atoms with E-state index in [-0.39, 0.29) is 45.5 Å². The summed E-state index contributed by atoms with van der Waals surface area (Å²) in [5, 5.41) is 20.7. The summed E-state index contributed by atoms with van der Waals surface area (Å²) in [6.07, 6.45) is -0.256. The molecule has 3 N–H and O–H groups in total. The van der Waals surface area contributed by atoms with Crippen LogP contribution < -0.4 is 5.32 Å². The van der Waals surface area contributed by atoms with Gasteiger partial charge in [0.05, 0.1) is 12.0 Å². The Kier molecular flexibility index (Phi) is 6.37. The van der Waals surface area contributed by atoms with Crippen molar-refractivity contribution in [3.63, 3.8) is 0 Å². The lowest BCUT2D eigenvalue weighted by molar-refractivity contribution is -0.155. The van der Waals surface area contributed by atoms with Crippen molar-refractivity contribution in [3.05, 3.63) is 0 Å². The van der Waals surface area contributed by atoms with Crippen LogP contribution in [0.1, 0.15) is 40.0 Å². The molecular formula is C15H26N2O6. The van der Waals surface area contributed by atoms with Crippen LogP contribution in [0.2, 0.25) is 0 Å². The van der Waals surface area contributed by atoms with Gasteiger partial charge in [-0.05, 0) is 33.6 Å². The third-order valence-corrected chi connectivity index (χ3v) is 3.76. The number of amides is 2. The van der Waals surface area contributed by atoms with Crippen molar-refractivity contribution in [2.75, 3.05) is 26.2 Å². The fourth-order valence-electron chi connectivity index (χ4n) is 2.48. The first-order chi connectivity index (χ1) is 10.6. The Morgan fingerprint density at radius 2 is 1.78 bits per heavy atom. The predicted octanol–water partition coefficient (Wildman–Crippen LogP) is 0.587. The lowest BCUT2D eigenvalue weighted by atomic mass is 9.75. The summed E-state index contributed by atoms with van der Waals surface area (Å²) in [6, 6.07) is 0. The summed E-state index contributed by atoms with van der Waals surface area (Å²) in [5.74, 6) is -1.45. The third-order valence-electron chi connectivity index (χ3n) is 3.76. The molecule has 0 radical (unpaired) electrons. The van der Waals surface area contributed by atoms with Gasteiger partial charge in [0.25, 0.3) is 0 Å². The molecule has 0 bridgehead atoms. The van der Waals surface area contributed by atoms with Crippen molar-refractivity contribution in [2.45, 2.75) is 45.6 Å². The fraction of sp³-hybridized carbons (Fsp3) is 0.800. The first-order valence-electron chi connectivity index (χ1n) is 7.68. The fourth-order valence-corrected chi connectivity index (χ4v) is 2.48. The molecule has 0 aromatic rings. The maximum atomic E-state index is 12.0. The van der Waals surface area contributed by atoms with Crippen LogP contribution in [0.3, 0.4) is 0 Å². The van der Waals surface area contributed by atoms with Crippen molar-refractivity contribution in [1.82, 2.24) is 10.2 Å². The van der Waals surface area contributed by atoms with Gasteiger partial charge in [0.1, 0.15) is 5.60 Å². The minimum Gasteiger partial charge on any atom is -0.481 e. The summed E-state index contributed by atoms with van der Waals surface area (Å²) in [4.78, 5) is 36.9. The molecule has 8 nitrogen and oxygen atoms in total. The second-order valence-electron chi connectivity index (χ2n) is 6.80. The van der Waals surface area contributed by atoms with Crippen molar-refractivity contribution >= 4 is 18.0 Å². The Bertz CT molecular complexity index is 449. The van der Waals surface area contributed by atoms with Crippen LogP contribution in [-0.2, 0) is 14.3 Å². The molecule has 2 amide bonds. The molecule has 0 aliphatic carbocycles. The number of nitrogens with one attached hydrogen (secondary N) is 1. The number of aliphatic carboxylic acids is 1. The summed E-state index contributed by atoms with van der Waals surface area (Å²) in [6.45, 7) is 5.66. The first-order valence-corrected chi connectivity index (χ1v) is 7.68. The number of hydrogen-bond acceptors (Lipinski definition) is 5. The highest BCUT2D eigenvalue weighted by Gasteiger charge is 2.44. The average molecular weight is 330 g/mol. The Labute approximate surface area is 135 Å². The van der Waals surface area contributed by atoms with Crippen LogP contribution in [0.4, 0.5) is 4.79 Å². The third kappa shape index (κ3) is 5.70. The monoisotopic (exact) mass is 330 g/mol. The zero-order valence-electron chi connectivity index (χ0n) is 13.9. The lowest BCUT2D eigenvalue weighted by Crippen LogP contribution is -2.49. The van der Waals surface area contributed by atoms with Gasteiger partial charge in [-0.1, -0.05) is 0 Å². The molecule has 1 fully saturated rings. The second kappa shape index (κ2) is 7.63. The molecule has 0 aromatic carbocycles. The smallest absolute Gasteiger partial charge is 0.410 e. The van der Waals surface area contributed by atoms with Gasteiger partial charge >= 0.3 is 12.1 Å². The Hall–Kier alpha value is -1.83. The van der Waals surface area contributed by atoms with E-state index in [0.717, 1.165) is 0 Å². The van der Waals surface area contributed by atoms with Gasteiger partial charge in [0.2, 0.25) is 5.91 Å². The highest BCUT2D eigenvalue weighted by Crippen LogP contribution is 2.35. The Balaban J connectivity index is 2.65. The van der Waals surface area contributed by atoms with E-state index < -0.39 is 29.0 Å². The largest absolute Gasteiger partial charge is 0.481 e. The number of nitrogens with zero attached hydrogens (tertiary/aromatic N) is 1. The summed E-state index contributed by atoms with van der Waals surface area (Å²) in [7, 11) is 0. The molecule has 23 heavy (non-hydrogen) atoms. The zero-order chi connectivity index (χ0) is 17.7. The van der Waals surface area contributed by atoms with Gasteiger partial charge in [0, 0.05) is 26.1 Å². The summed E-state index contributed by atoms with van der Waals surface area (Å²) in [5.41, 5.74) is -1.79. The first kappa shape index (κ1) is 19.2. The SMILES string of the molecule is CC(C)(C)OC(=O)N1CCC(CC(=O)NCCO)(C(=O)O)CC1. The standard InChI is InChI=1S/C15H26N2O6/c1-14(2,3)23-13(22)17-7-4-15(5-8-17,12(20)21)10-11(19)16-6-9-18/h18H,4-10H2,1-3H3,(H,16,19)(H,20,21). The van der Waals surface area contributed by atoms with E-state index in [1.807, 2.05) is 0 Å². The molecule has 1 saturated heterocycles. The zero-order valence-corrected chi connectivity index (χ0v) is 13.9. The van der Waals surface area contributed by atoms with E-state index in [1.165, 1.54) is 4.90 Å². The molecule has 0 atom stereocenters. The highest BCUT2D eigenvalue weighted by molar-refractivity contribution is 5.85. The van der Waals surface area contributed by atoms with E-state index in [4.69, 9.17) is 9.84 Å². The van der Waals surface area contributed by atoms with Crippen LogP contribution >= 0.6 is 0 Å². The number of aliphatic hydroxyl groups is 1. The quantitative estimate of drug-likeness (QED) is 0.679. The number of carboxylic acid groups (broad SMARTS) is 1. The van der Waals surface area contributed by atoms with Crippen molar-refractivity contribution < 1.29 is 29.3 Å². The molecule has 8 heteroatoms. The number of carboxylic acids is 1. The van der Waals surface area contributed by atoms with Gasteiger partial charge in [0.15, 0.2) is 0 Å². The van der Waals surface area contributed by atoms with Crippen molar-refractivity contribution in [3.8, 4) is 0 Å². The van der Waals surface area contributed by atoms with Crippen LogP contribution in [0.15, 0.2) is 0 Å². The van der Waals surface area contributed by atoms with Crippen molar-refractivity contribution in [2.24, 2.45) is 5.41 Å². The van der Waals surface area contributed by atoms with Crippen molar-refractivity contribution in [1.29, 1.82) is 0 Å². The highest BCUT2D eigenvalue weighted by atomic mass is 16.6. The summed E-state index contributed by atoms with van der Waals surface area (Å²) < 4.78 is 5.27. The lowest BCUT2D eigenvalue weighted by Gasteiger charge is -2.38. The van der Waals surface area contributed by atoms with E-state index in [2.05, 4.69) is 5.32 Å².